The van der Waals surface area contributed by atoms with E-state index in [4.69, 9.17) is 10.7 Å². The molecule has 7 rings (SSSR count). The summed E-state index contributed by atoms with van der Waals surface area (Å²) in [5, 5.41) is 14.6. The van der Waals surface area contributed by atoms with Gasteiger partial charge in [0, 0.05) is 64.6 Å². The number of amides is 1. The van der Waals surface area contributed by atoms with Crippen molar-refractivity contribution in [2.75, 3.05) is 52.0 Å². The molecule has 3 fully saturated rings. The molecule has 0 spiro atoms. The van der Waals surface area contributed by atoms with E-state index in [1.165, 1.54) is 12.8 Å². The molecule has 4 N–H and O–H groups in total. The largest absolute Gasteiger partial charge is 0.397 e. The number of halogens is 2. The predicted octanol–water partition coefficient (Wildman–Crippen LogP) is 5.24. The number of benzene rings is 2. The number of nitrogen functional groups attached to an aromatic ring is 1. The van der Waals surface area contributed by atoms with E-state index in [9.17, 15) is 14.9 Å². The van der Waals surface area contributed by atoms with Crippen LogP contribution in [0.3, 0.4) is 0 Å². The molecule has 2 aromatic carbocycles. The zero-order valence-corrected chi connectivity index (χ0v) is 32.0. The zero-order chi connectivity index (χ0) is 35.6. The van der Waals surface area contributed by atoms with Crippen molar-refractivity contribution < 1.29 is 4.79 Å². The molecule has 2 aromatic heterocycles. The van der Waals surface area contributed by atoms with Crippen LogP contribution in [0.5, 0.6) is 0 Å². The SMILES string of the molecule is CN1CCC(C2CCN(C(=O)[C@H](Cc3cc(Br)c(N)c(Br)c3)N=C(NC#N)N3CCC(n4c(=O)[nH]c5c6ccccc6cnc54)CC3)CC2)CC1. The number of likely N-dealkylation sites (tertiary alicyclic amines) is 3. The summed E-state index contributed by atoms with van der Waals surface area (Å²) in [4.78, 5) is 46.7. The smallest absolute Gasteiger partial charge is 0.327 e. The highest BCUT2D eigenvalue weighted by Gasteiger charge is 2.34. The van der Waals surface area contributed by atoms with E-state index in [2.05, 4.69) is 65.3 Å². The number of nitrogens with two attached hydrogens (primary N) is 1. The topological polar surface area (TPSA) is 152 Å². The Morgan fingerprint density at radius 3 is 2.31 bits per heavy atom. The molecule has 0 radical (unpaired) electrons. The summed E-state index contributed by atoms with van der Waals surface area (Å²) in [5.41, 5.74) is 8.89. The number of nitriles is 1. The minimum atomic E-state index is -0.741. The molecule has 3 aliphatic rings. The Morgan fingerprint density at radius 1 is 1.02 bits per heavy atom. The standard InChI is InChI=1S/C37H44Br2N10O2/c1-46-12-6-24(7-13-46)25-8-14-47(15-9-25)35(50)31(20-23-18-29(38)32(41)30(39)19-23)44-36(43-22-40)48-16-10-27(11-17-48)49-34-33(45-37(49)51)28-5-3-2-4-26(28)21-42-34/h2-5,18-19,21,24-25,27,31H,6-17,20,41H2,1H3,(H,43,44)(H,45,51)/t31-/m0/s1. The van der Waals surface area contributed by atoms with Crippen molar-refractivity contribution in [2.24, 2.45) is 16.8 Å². The summed E-state index contributed by atoms with van der Waals surface area (Å²) in [6.07, 6.45) is 9.98. The fourth-order valence-corrected chi connectivity index (χ4v) is 9.54. The number of imidazole rings is 1. The number of hydrogen-bond donors (Lipinski definition) is 3. The zero-order valence-electron chi connectivity index (χ0n) is 28.8. The Bertz CT molecular complexity index is 2010. The van der Waals surface area contributed by atoms with Crippen molar-refractivity contribution in [2.45, 2.75) is 57.0 Å². The first-order valence-corrected chi connectivity index (χ1v) is 19.4. The number of guanidine groups is 1. The van der Waals surface area contributed by atoms with E-state index in [-0.39, 0.29) is 17.6 Å². The van der Waals surface area contributed by atoms with Crippen molar-refractivity contribution in [1.82, 2.24) is 34.6 Å². The van der Waals surface area contributed by atoms with E-state index in [1.807, 2.05) is 52.4 Å². The normalized spacial score (nSPS) is 19.5. The average Bonchev–Trinajstić information content (AvgIpc) is 3.49. The molecule has 3 aliphatic heterocycles. The van der Waals surface area contributed by atoms with Crippen molar-refractivity contribution >= 4 is 71.4 Å². The highest BCUT2D eigenvalue weighted by Crippen LogP contribution is 2.34. The van der Waals surface area contributed by atoms with Crippen LogP contribution in [-0.4, -0.2) is 93.5 Å². The second-order valence-corrected chi connectivity index (χ2v) is 16.0. The van der Waals surface area contributed by atoms with E-state index in [1.54, 1.807) is 4.57 Å². The first kappa shape index (κ1) is 35.5. The minimum Gasteiger partial charge on any atom is -0.397 e. The number of fused-ring (bicyclic) bond motifs is 3. The van der Waals surface area contributed by atoms with Crippen LogP contribution in [0.2, 0.25) is 0 Å². The van der Waals surface area contributed by atoms with Crippen LogP contribution >= 0.6 is 31.9 Å². The van der Waals surface area contributed by atoms with Gasteiger partial charge >= 0.3 is 5.69 Å². The number of pyridine rings is 1. The van der Waals surface area contributed by atoms with E-state index in [0.717, 1.165) is 62.6 Å². The molecular weight excluding hydrogens is 776 g/mol. The van der Waals surface area contributed by atoms with E-state index >= 15 is 0 Å². The maximum Gasteiger partial charge on any atom is 0.327 e. The number of nitrogens with zero attached hydrogens (tertiary/aromatic N) is 7. The van der Waals surface area contributed by atoms with Crippen LogP contribution < -0.4 is 16.7 Å². The van der Waals surface area contributed by atoms with Gasteiger partial charge in [0.05, 0.1) is 11.2 Å². The van der Waals surface area contributed by atoms with Crippen molar-refractivity contribution in [1.29, 1.82) is 5.26 Å². The van der Waals surface area contributed by atoms with Gasteiger partial charge in [0.1, 0.15) is 6.04 Å². The van der Waals surface area contributed by atoms with Gasteiger partial charge in [0.15, 0.2) is 11.8 Å². The lowest BCUT2D eigenvalue weighted by molar-refractivity contribution is -0.134. The van der Waals surface area contributed by atoms with Crippen LogP contribution in [0.25, 0.3) is 21.9 Å². The van der Waals surface area contributed by atoms with Crippen LogP contribution in [0, 0.1) is 23.3 Å². The predicted molar refractivity (Wildman–Crippen MR) is 207 cm³/mol. The third kappa shape index (κ3) is 7.52. The molecule has 14 heteroatoms. The number of carbonyl (C=O) groups excluding carboxylic acids is 1. The molecule has 51 heavy (non-hydrogen) atoms. The fourth-order valence-electron chi connectivity index (χ4n) is 8.26. The number of piperidine rings is 3. The maximum absolute atomic E-state index is 14.3. The number of aliphatic imine (C=N–C) groups is 1. The highest BCUT2D eigenvalue weighted by molar-refractivity contribution is 9.11. The summed E-state index contributed by atoms with van der Waals surface area (Å²) in [7, 11) is 2.19. The fraction of sp³-hybridized carbons (Fsp3) is 0.486. The number of carbonyl (C=O) groups is 1. The summed E-state index contributed by atoms with van der Waals surface area (Å²) in [6, 6.07) is 10.9. The molecule has 5 heterocycles. The molecule has 1 atom stereocenters. The number of anilines is 1. The Kier molecular flexibility index (Phi) is 10.7. The number of rotatable bonds is 6. The van der Waals surface area contributed by atoms with E-state index in [0.29, 0.717) is 68.7 Å². The van der Waals surface area contributed by atoms with Crippen molar-refractivity contribution in [3.05, 3.63) is 67.6 Å². The quantitative estimate of drug-likeness (QED) is 0.0786. The van der Waals surface area contributed by atoms with Crippen molar-refractivity contribution in [3.8, 4) is 6.19 Å². The molecule has 0 saturated carbocycles. The second kappa shape index (κ2) is 15.4. The Morgan fingerprint density at radius 2 is 1.65 bits per heavy atom. The Labute approximate surface area is 314 Å². The number of hydrogen-bond acceptors (Lipinski definition) is 7. The van der Waals surface area contributed by atoms with Crippen LogP contribution in [0.1, 0.15) is 50.1 Å². The molecular formula is C37H44Br2N10O2. The van der Waals surface area contributed by atoms with Gasteiger partial charge in [0.2, 0.25) is 11.9 Å². The van der Waals surface area contributed by atoms with Gasteiger partial charge in [-0.25, -0.2) is 14.8 Å². The molecule has 0 bridgehead atoms. The monoisotopic (exact) mass is 818 g/mol. The lowest BCUT2D eigenvalue weighted by atomic mass is 9.79. The van der Waals surface area contributed by atoms with Gasteiger partial charge in [-0.3, -0.25) is 14.7 Å². The number of nitrogens with one attached hydrogen (secondary N) is 2. The summed E-state index contributed by atoms with van der Waals surface area (Å²) in [5.74, 6) is 1.71. The van der Waals surface area contributed by atoms with Gasteiger partial charge in [-0.1, -0.05) is 24.3 Å². The third-order valence-corrected chi connectivity index (χ3v) is 12.5. The first-order valence-electron chi connectivity index (χ1n) is 17.9. The summed E-state index contributed by atoms with van der Waals surface area (Å²) < 4.78 is 3.26. The van der Waals surface area contributed by atoms with Crippen molar-refractivity contribution in [3.63, 3.8) is 0 Å². The molecule has 4 aromatic rings. The van der Waals surface area contributed by atoms with Gasteiger partial charge in [0.25, 0.3) is 0 Å². The van der Waals surface area contributed by atoms with Gasteiger partial charge < -0.3 is 25.4 Å². The highest BCUT2D eigenvalue weighted by atomic mass is 79.9. The number of aromatic nitrogens is 3. The van der Waals surface area contributed by atoms with Gasteiger partial charge in [-0.05, 0) is 120 Å². The van der Waals surface area contributed by atoms with Crippen LogP contribution in [-0.2, 0) is 11.2 Å². The summed E-state index contributed by atoms with van der Waals surface area (Å²) >= 11 is 7.11. The van der Waals surface area contributed by atoms with Gasteiger partial charge in [-0.15, -0.1) is 0 Å². The number of H-pyrrole nitrogens is 1. The Hall–Kier alpha value is -3.93. The minimum absolute atomic E-state index is 0.0309. The van der Waals surface area contributed by atoms with Gasteiger partial charge in [-0.2, -0.15) is 5.26 Å². The maximum atomic E-state index is 14.3. The molecule has 1 amide bonds. The Balaban J connectivity index is 1.11. The molecule has 12 nitrogen and oxygen atoms in total. The lowest BCUT2D eigenvalue weighted by Crippen LogP contribution is -2.49. The van der Waals surface area contributed by atoms with Crippen LogP contribution in [0.15, 0.2) is 61.3 Å². The lowest BCUT2D eigenvalue weighted by Gasteiger charge is -2.40. The summed E-state index contributed by atoms with van der Waals surface area (Å²) in [6.45, 7) is 4.81. The molecule has 268 valence electrons. The molecule has 3 saturated heterocycles. The first-order chi connectivity index (χ1) is 24.7. The molecule has 0 aliphatic carbocycles. The third-order valence-electron chi connectivity index (χ3n) is 11.2. The molecule has 0 unspecified atom stereocenters. The van der Waals surface area contributed by atoms with Crippen LogP contribution in [0.4, 0.5) is 5.69 Å². The second-order valence-electron chi connectivity index (χ2n) is 14.2. The number of aromatic amines is 1. The van der Waals surface area contributed by atoms with E-state index < -0.39 is 6.04 Å². The average molecular weight is 821 g/mol.